The van der Waals surface area contributed by atoms with E-state index in [4.69, 9.17) is 16.3 Å². The first-order valence-electron chi connectivity index (χ1n) is 7.34. The lowest BCUT2D eigenvalue weighted by molar-refractivity contribution is 0.00298. The molecule has 1 atom stereocenters. The van der Waals surface area contributed by atoms with E-state index in [-0.39, 0.29) is 0 Å². The Morgan fingerprint density at radius 2 is 2.36 bits per heavy atom. The minimum Gasteiger partial charge on any atom is -0.379 e. The molecule has 22 heavy (non-hydrogen) atoms. The van der Waals surface area contributed by atoms with Crippen molar-refractivity contribution in [1.29, 1.82) is 0 Å². The summed E-state index contributed by atoms with van der Waals surface area (Å²) in [5.74, 6) is 0.976. The lowest BCUT2D eigenvalue weighted by Gasteiger charge is -2.32. The molecular weight excluding hydrogens is 320 g/mol. The molecule has 7 heteroatoms. The number of halogens is 1. The Kier molecular flexibility index (Phi) is 5.36. The van der Waals surface area contributed by atoms with E-state index >= 15 is 0 Å². The first-order valence-corrected chi connectivity index (χ1v) is 8.71. The van der Waals surface area contributed by atoms with Gasteiger partial charge in [0.2, 0.25) is 0 Å². The van der Waals surface area contributed by atoms with E-state index in [2.05, 4.69) is 22.0 Å². The molecule has 2 heterocycles. The van der Waals surface area contributed by atoms with Crippen molar-refractivity contribution in [2.24, 2.45) is 0 Å². The van der Waals surface area contributed by atoms with Crippen molar-refractivity contribution in [3.63, 3.8) is 0 Å². The fraction of sp³-hybridized carbons (Fsp3) is 0.467. The number of benzene rings is 1. The lowest BCUT2D eigenvalue weighted by Crippen LogP contribution is -2.44. The molecule has 0 unspecified atom stereocenters. The van der Waals surface area contributed by atoms with Crippen molar-refractivity contribution in [3.8, 4) is 5.69 Å². The summed E-state index contributed by atoms with van der Waals surface area (Å²) in [5, 5.41) is 9.84. The topological polar surface area (TPSA) is 43.2 Å². The van der Waals surface area contributed by atoms with Gasteiger partial charge in [0, 0.05) is 29.9 Å². The summed E-state index contributed by atoms with van der Waals surface area (Å²) < 4.78 is 7.44. The van der Waals surface area contributed by atoms with Crippen molar-refractivity contribution < 1.29 is 4.74 Å². The van der Waals surface area contributed by atoms with E-state index in [1.54, 1.807) is 18.1 Å². The van der Waals surface area contributed by atoms with Crippen LogP contribution in [0.5, 0.6) is 0 Å². The molecule has 1 aromatic carbocycles. The van der Waals surface area contributed by atoms with Crippen LogP contribution >= 0.6 is 23.4 Å². The summed E-state index contributed by atoms with van der Waals surface area (Å²) in [6.45, 7) is 5.88. The molecule has 0 amide bonds. The Hall–Kier alpha value is -1.08. The van der Waals surface area contributed by atoms with Gasteiger partial charge in [-0.15, -0.1) is 10.2 Å². The molecule has 2 aromatic rings. The molecule has 0 saturated carbocycles. The Labute approximate surface area is 139 Å². The van der Waals surface area contributed by atoms with Gasteiger partial charge in [-0.3, -0.25) is 9.47 Å². The quantitative estimate of drug-likeness (QED) is 0.784. The normalized spacial score (nSPS) is 19.5. The molecule has 0 N–H and O–H groups in total. The molecule has 0 spiro atoms. The van der Waals surface area contributed by atoms with Crippen LogP contribution in [0.2, 0.25) is 5.02 Å². The highest BCUT2D eigenvalue weighted by Crippen LogP contribution is 2.22. The molecule has 1 aliphatic heterocycles. The maximum Gasteiger partial charge on any atom is 0.195 e. The zero-order valence-corrected chi connectivity index (χ0v) is 14.1. The molecule has 3 rings (SSSR count). The number of aromatic nitrogens is 3. The zero-order chi connectivity index (χ0) is 15.4. The van der Waals surface area contributed by atoms with Crippen LogP contribution < -0.4 is 0 Å². The summed E-state index contributed by atoms with van der Waals surface area (Å²) in [6, 6.07) is 8.20. The van der Waals surface area contributed by atoms with Gasteiger partial charge in [-0.2, -0.15) is 0 Å². The van der Waals surface area contributed by atoms with Crippen LogP contribution in [0.4, 0.5) is 0 Å². The molecule has 1 aliphatic rings. The van der Waals surface area contributed by atoms with Crippen LogP contribution in [0, 0.1) is 0 Å². The van der Waals surface area contributed by atoms with Gasteiger partial charge in [0.25, 0.3) is 0 Å². The first kappa shape index (κ1) is 15.8. The van der Waals surface area contributed by atoms with Gasteiger partial charge in [-0.05, 0) is 25.1 Å². The average Bonchev–Trinajstić information content (AvgIpc) is 2.98. The van der Waals surface area contributed by atoms with Gasteiger partial charge in [0.05, 0.1) is 18.9 Å². The monoisotopic (exact) mass is 338 g/mol. The summed E-state index contributed by atoms with van der Waals surface area (Å²) in [5.41, 5.74) is 0.986. The second kappa shape index (κ2) is 7.46. The number of ether oxygens (including phenoxy) is 1. The summed E-state index contributed by atoms with van der Waals surface area (Å²) >= 11 is 7.77. The minimum atomic E-state index is 0.486. The Balaban J connectivity index is 1.61. The van der Waals surface area contributed by atoms with Gasteiger partial charge in [0.1, 0.15) is 6.33 Å². The minimum absolute atomic E-state index is 0.486. The predicted molar refractivity (Wildman–Crippen MR) is 88.9 cm³/mol. The number of thioether (sulfide) groups is 1. The predicted octanol–water partition coefficient (Wildman–Crippen LogP) is 2.73. The van der Waals surface area contributed by atoms with Crippen LogP contribution in [0.3, 0.4) is 0 Å². The number of rotatable bonds is 5. The Bertz CT molecular complexity index is 621. The van der Waals surface area contributed by atoms with Crippen LogP contribution in [0.25, 0.3) is 5.69 Å². The van der Waals surface area contributed by atoms with Crippen LogP contribution in [0.15, 0.2) is 35.7 Å². The standard InChI is InChI=1S/C15H19ClN4OS/c1-12-10-21-7-5-19(12)6-8-22-15-18-17-11-20(15)14-4-2-3-13(16)9-14/h2-4,9,11-12H,5-8,10H2,1H3/t12-/m1/s1. The maximum absolute atomic E-state index is 6.06. The Morgan fingerprint density at radius 3 is 3.18 bits per heavy atom. The molecule has 118 valence electrons. The molecule has 0 aliphatic carbocycles. The van der Waals surface area contributed by atoms with Crippen LogP contribution in [-0.2, 0) is 4.74 Å². The molecule has 1 fully saturated rings. The highest BCUT2D eigenvalue weighted by atomic mass is 35.5. The SMILES string of the molecule is C[C@@H]1COCCN1CCSc1nncn1-c1cccc(Cl)c1. The summed E-state index contributed by atoms with van der Waals surface area (Å²) in [6.07, 6.45) is 1.73. The third-order valence-corrected chi connectivity index (χ3v) is 4.88. The third kappa shape index (κ3) is 3.81. The van der Waals surface area contributed by atoms with Crippen molar-refractivity contribution in [1.82, 2.24) is 19.7 Å². The lowest BCUT2D eigenvalue weighted by atomic mass is 10.2. The second-order valence-corrected chi connectivity index (χ2v) is 6.77. The number of nitrogens with zero attached hydrogens (tertiary/aromatic N) is 4. The smallest absolute Gasteiger partial charge is 0.195 e. The van der Waals surface area contributed by atoms with Gasteiger partial charge in [0.15, 0.2) is 5.16 Å². The van der Waals surface area contributed by atoms with Gasteiger partial charge >= 0.3 is 0 Å². The van der Waals surface area contributed by atoms with Crippen molar-refractivity contribution in [2.45, 2.75) is 18.1 Å². The molecule has 1 aromatic heterocycles. The number of morpholine rings is 1. The fourth-order valence-corrected chi connectivity index (χ4v) is 3.56. The molecule has 1 saturated heterocycles. The van der Waals surface area contributed by atoms with Crippen molar-refractivity contribution in [2.75, 3.05) is 32.1 Å². The molecule has 5 nitrogen and oxygen atoms in total. The summed E-state index contributed by atoms with van der Waals surface area (Å²) in [7, 11) is 0. The fourth-order valence-electron chi connectivity index (χ4n) is 2.47. The van der Waals surface area contributed by atoms with Crippen LogP contribution in [-0.4, -0.2) is 57.8 Å². The highest BCUT2D eigenvalue weighted by Gasteiger charge is 2.18. The van der Waals surface area contributed by atoms with Gasteiger partial charge in [-0.1, -0.05) is 29.4 Å². The second-order valence-electron chi connectivity index (χ2n) is 5.27. The largest absolute Gasteiger partial charge is 0.379 e. The van der Waals surface area contributed by atoms with E-state index in [9.17, 15) is 0 Å². The van der Waals surface area contributed by atoms with Crippen molar-refractivity contribution >= 4 is 23.4 Å². The van der Waals surface area contributed by atoms with Gasteiger partial charge in [-0.25, -0.2) is 0 Å². The van der Waals surface area contributed by atoms with E-state index in [1.807, 2.05) is 28.8 Å². The number of hydrogen-bond acceptors (Lipinski definition) is 5. The molecule has 0 radical (unpaired) electrons. The molecule has 0 bridgehead atoms. The zero-order valence-electron chi connectivity index (χ0n) is 12.5. The van der Waals surface area contributed by atoms with Gasteiger partial charge < -0.3 is 4.74 Å². The number of hydrogen-bond donors (Lipinski definition) is 0. The summed E-state index contributed by atoms with van der Waals surface area (Å²) in [4.78, 5) is 2.45. The van der Waals surface area contributed by atoms with E-state index in [0.29, 0.717) is 11.1 Å². The Morgan fingerprint density at radius 1 is 1.45 bits per heavy atom. The van der Waals surface area contributed by atoms with E-state index in [1.165, 1.54) is 0 Å². The highest BCUT2D eigenvalue weighted by molar-refractivity contribution is 7.99. The molecular formula is C15H19ClN4OS. The van der Waals surface area contributed by atoms with Crippen LogP contribution in [0.1, 0.15) is 6.92 Å². The average molecular weight is 339 g/mol. The van der Waals surface area contributed by atoms with Crippen molar-refractivity contribution in [3.05, 3.63) is 35.6 Å². The maximum atomic E-state index is 6.06. The first-order chi connectivity index (χ1) is 10.7. The third-order valence-electron chi connectivity index (χ3n) is 3.72. The van der Waals surface area contributed by atoms with E-state index < -0.39 is 0 Å². The van der Waals surface area contributed by atoms with E-state index in [0.717, 1.165) is 42.9 Å².